The van der Waals surface area contributed by atoms with Crippen LogP contribution in [0.25, 0.3) is 0 Å². The van der Waals surface area contributed by atoms with Gasteiger partial charge in [0.1, 0.15) is 0 Å². The van der Waals surface area contributed by atoms with Gasteiger partial charge in [0.05, 0.1) is 11.6 Å². The Kier molecular flexibility index (Phi) is 2.90. The highest BCUT2D eigenvalue weighted by molar-refractivity contribution is 7.08. The van der Waals surface area contributed by atoms with Gasteiger partial charge in [0.15, 0.2) is 0 Å². The Labute approximate surface area is 53.2 Å². The molecule has 0 saturated heterocycles. The first-order valence-electron chi connectivity index (χ1n) is 1.86. The van der Waals surface area contributed by atoms with E-state index < -0.39 is 0 Å². The van der Waals surface area contributed by atoms with Crippen LogP contribution in [0.1, 0.15) is 13.0 Å². The van der Waals surface area contributed by atoms with Crippen molar-refractivity contribution >= 4 is 11.3 Å². The number of rotatable bonds is 0. The van der Waals surface area contributed by atoms with Crippen molar-refractivity contribution in [3.05, 3.63) is 22.4 Å². The fourth-order valence-electron chi connectivity index (χ4n) is 0.328. The normalized spacial score (nSPS) is 6.88. The topological polar surface area (TPSA) is 23.8 Å². The van der Waals surface area contributed by atoms with Crippen molar-refractivity contribution in [3.8, 4) is 6.07 Å². The molecule has 1 heterocycles. The largest absolute Gasteiger partial charge is 0.192 e. The van der Waals surface area contributed by atoms with E-state index in [4.69, 9.17) is 5.26 Å². The van der Waals surface area contributed by atoms with Crippen molar-refractivity contribution in [1.29, 1.82) is 5.26 Å². The van der Waals surface area contributed by atoms with Crippen molar-refractivity contribution in [2.75, 3.05) is 0 Å². The van der Waals surface area contributed by atoms with Crippen LogP contribution in [0, 0.1) is 11.3 Å². The average Bonchev–Trinajstić information content (AvgIpc) is 2.14. The number of nitriles is 1. The minimum atomic E-state index is 0. The summed E-state index contributed by atoms with van der Waals surface area (Å²) in [5.74, 6) is 0. The summed E-state index contributed by atoms with van der Waals surface area (Å²) < 4.78 is 0. The summed E-state index contributed by atoms with van der Waals surface area (Å²) in [6.45, 7) is 0. The third kappa shape index (κ3) is 1.36. The molecule has 0 unspecified atom stereocenters. The third-order valence-electron chi connectivity index (χ3n) is 0.650. The summed E-state index contributed by atoms with van der Waals surface area (Å²) in [4.78, 5) is 0. The number of hydrogen-bond acceptors (Lipinski definition) is 2. The summed E-state index contributed by atoms with van der Waals surface area (Å²) in [7, 11) is 0. The highest BCUT2D eigenvalue weighted by Gasteiger charge is 1.82. The van der Waals surface area contributed by atoms with Gasteiger partial charge in [-0.1, -0.05) is 7.43 Å². The van der Waals surface area contributed by atoms with Crippen LogP contribution in [-0.4, -0.2) is 0 Å². The maximum atomic E-state index is 8.18. The van der Waals surface area contributed by atoms with Crippen LogP contribution >= 0.6 is 11.3 Å². The van der Waals surface area contributed by atoms with Gasteiger partial charge in [0.2, 0.25) is 0 Å². The Morgan fingerprint density at radius 1 is 1.62 bits per heavy atom. The van der Waals surface area contributed by atoms with Crippen LogP contribution in [0.15, 0.2) is 16.8 Å². The summed E-state index contributed by atoms with van der Waals surface area (Å²) >= 11 is 1.54. The monoisotopic (exact) mass is 125 g/mol. The zero-order valence-corrected chi connectivity index (χ0v) is 4.40. The van der Waals surface area contributed by atoms with E-state index in [9.17, 15) is 0 Å². The molecular formula is C6H7NS. The molecule has 2 heteroatoms. The molecule has 42 valence electrons. The van der Waals surface area contributed by atoms with Gasteiger partial charge in [0, 0.05) is 5.38 Å². The third-order valence-corrected chi connectivity index (χ3v) is 1.33. The van der Waals surface area contributed by atoms with E-state index in [2.05, 4.69) is 0 Å². The molecule has 0 aromatic carbocycles. The lowest BCUT2D eigenvalue weighted by Gasteiger charge is -1.62. The molecule has 1 rings (SSSR count). The van der Waals surface area contributed by atoms with Crippen molar-refractivity contribution in [3.63, 3.8) is 0 Å². The molecule has 0 amide bonds. The van der Waals surface area contributed by atoms with E-state index in [0.29, 0.717) is 0 Å². The number of hydrogen-bond donors (Lipinski definition) is 0. The van der Waals surface area contributed by atoms with Gasteiger partial charge in [-0.05, 0) is 11.4 Å². The standard InChI is InChI=1S/C5H3NS.CH4/c6-3-5-1-2-7-4-5;/h1-2,4H;1H4. The maximum Gasteiger partial charge on any atom is 0.1000 e. The highest BCUT2D eigenvalue weighted by atomic mass is 32.1. The lowest BCUT2D eigenvalue weighted by atomic mass is 10.4. The van der Waals surface area contributed by atoms with Crippen molar-refractivity contribution < 1.29 is 0 Å². The minimum Gasteiger partial charge on any atom is -0.192 e. The van der Waals surface area contributed by atoms with Crippen molar-refractivity contribution in [1.82, 2.24) is 0 Å². The van der Waals surface area contributed by atoms with E-state index in [1.54, 1.807) is 17.4 Å². The molecular weight excluding hydrogens is 118 g/mol. The summed E-state index contributed by atoms with van der Waals surface area (Å²) in [5, 5.41) is 11.9. The fourth-order valence-corrected chi connectivity index (χ4v) is 0.910. The van der Waals surface area contributed by atoms with E-state index in [1.807, 2.05) is 16.8 Å². The molecule has 1 aromatic heterocycles. The highest BCUT2D eigenvalue weighted by Crippen LogP contribution is 2.02. The second-order valence-electron chi connectivity index (χ2n) is 1.12. The Balaban J connectivity index is 0.000000490. The second kappa shape index (κ2) is 3.23. The van der Waals surface area contributed by atoms with Gasteiger partial charge in [0.25, 0.3) is 0 Å². The molecule has 0 aliphatic heterocycles. The lowest BCUT2D eigenvalue weighted by molar-refractivity contribution is 1.51. The zero-order chi connectivity index (χ0) is 5.11. The van der Waals surface area contributed by atoms with Crippen LogP contribution in [0.3, 0.4) is 0 Å². The van der Waals surface area contributed by atoms with Crippen LogP contribution in [0.4, 0.5) is 0 Å². The molecule has 0 spiro atoms. The molecule has 0 saturated carbocycles. The van der Waals surface area contributed by atoms with Crippen LogP contribution in [-0.2, 0) is 0 Å². The van der Waals surface area contributed by atoms with E-state index in [-0.39, 0.29) is 7.43 Å². The minimum absolute atomic E-state index is 0. The van der Waals surface area contributed by atoms with Crippen molar-refractivity contribution in [2.24, 2.45) is 0 Å². The first-order chi connectivity index (χ1) is 3.43. The van der Waals surface area contributed by atoms with Crippen LogP contribution in [0.5, 0.6) is 0 Å². The average molecular weight is 125 g/mol. The molecule has 1 aromatic rings. The smallest absolute Gasteiger partial charge is 0.1000 e. The molecule has 0 aliphatic carbocycles. The molecule has 0 N–H and O–H groups in total. The maximum absolute atomic E-state index is 8.18. The van der Waals surface area contributed by atoms with E-state index in [0.717, 1.165) is 5.56 Å². The predicted molar refractivity (Wildman–Crippen MR) is 35.8 cm³/mol. The van der Waals surface area contributed by atoms with Crippen LogP contribution < -0.4 is 0 Å². The predicted octanol–water partition coefficient (Wildman–Crippen LogP) is 2.26. The second-order valence-corrected chi connectivity index (χ2v) is 1.90. The van der Waals surface area contributed by atoms with Gasteiger partial charge in [-0.2, -0.15) is 16.6 Å². The molecule has 0 fully saturated rings. The Morgan fingerprint density at radius 2 is 2.38 bits per heavy atom. The van der Waals surface area contributed by atoms with Crippen LogP contribution in [0.2, 0.25) is 0 Å². The van der Waals surface area contributed by atoms with Gasteiger partial charge in [-0.25, -0.2) is 0 Å². The number of nitrogens with zero attached hydrogens (tertiary/aromatic N) is 1. The fraction of sp³-hybridized carbons (Fsp3) is 0.167. The zero-order valence-electron chi connectivity index (χ0n) is 3.59. The summed E-state index contributed by atoms with van der Waals surface area (Å²) in [5.41, 5.74) is 0.755. The SMILES string of the molecule is C.N#Cc1ccsc1. The quantitative estimate of drug-likeness (QED) is 0.521. The van der Waals surface area contributed by atoms with Gasteiger partial charge in [-0.3, -0.25) is 0 Å². The molecule has 0 atom stereocenters. The number of thiophene rings is 1. The summed E-state index contributed by atoms with van der Waals surface area (Å²) in [6, 6.07) is 3.81. The molecule has 0 radical (unpaired) electrons. The summed E-state index contributed by atoms with van der Waals surface area (Å²) in [6.07, 6.45) is 0. The van der Waals surface area contributed by atoms with Crippen molar-refractivity contribution in [2.45, 2.75) is 7.43 Å². The van der Waals surface area contributed by atoms with Gasteiger partial charge >= 0.3 is 0 Å². The van der Waals surface area contributed by atoms with E-state index >= 15 is 0 Å². The molecule has 8 heavy (non-hydrogen) atoms. The van der Waals surface area contributed by atoms with Gasteiger partial charge in [-0.15, -0.1) is 0 Å². The Hall–Kier alpha value is -0.810. The Bertz CT molecular complexity index is 171. The first-order valence-corrected chi connectivity index (χ1v) is 2.80. The molecule has 0 bridgehead atoms. The lowest BCUT2D eigenvalue weighted by Crippen LogP contribution is -1.54. The first kappa shape index (κ1) is 7.19. The van der Waals surface area contributed by atoms with E-state index in [1.165, 1.54) is 0 Å². The molecule has 0 aliphatic rings. The molecule has 1 nitrogen and oxygen atoms in total. The van der Waals surface area contributed by atoms with Gasteiger partial charge < -0.3 is 0 Å². The Morgan fingerprint density at radius 3 is 2.62 bits per heavy atom.